The van der Waals surface area contributed by atoms with Gasteiger partial charge in [-0.05, 0) is 36.8 Å². The van der Waals surface area contributed by atoms with E-state index >= 15 is 0 Å². The Bertz CT molecular complexity index is 1010. The fourth-order valence-corrected chi connectivity index (χ4v) is 2.77. The first kappa shape index (κ1) is 17.0. The lowest BCUT2D eigenvalue weighted by molar-refractivity contribution is 0.0962. The Morgan fingerprint density at radius 3 is 2.84 bits per heavy atom. The highest BCUT2D eigenvalue weighted by atomic mass is 35.5. The quantitative estimate of drug-likeness (QED) is 0.753. The Morgan fingerprint density at radius 1 is 1.28 bits per heavy atom. The number of hydrogen-bond donors (Lipinski definition) is 2. The van der Waals surface area contributed by atoms with Crippen LogP contribution < -0.4 is 16.2 Å². The second-order valence-electron chi connectivity index (χ2n) is 5.57. The molecule has 0 bridgehead atoms. The largest absolute Gasteiger partial charge is 0.379 e. The molecule has 0 aliphatic rings. The van der Waals surface area contributed by atoms with Crippen molar-refractivity contribution in [2.75, 3.05) is 12.4 Å². The van der Waals surface area contributed by atoms with E-state index in [1.807, 2.05) is 19.1 Å². The van der Waals surface area contributed by atoms with Gasteiger partial charge in [0.25, 0.3) is 11.5 Å². The maximum Gasteiger partial charge on any atom is 0.258 e. The van der Waals surface area contributed by atoms with Gasteiger partial charge in [-0.1, -0.05) is 17.7 Å². The van der Waals surface area contributed by atoms with Gasteiger partial charge in [-0.15, -0.1) is 0 Å². The van der Waals surface area contributed by atoms with Crippen LogP contribution >= 0.6 is 11.6 Å². The van der Waals surface area contributed by atoms with Crippen LogP contribution in [0.3, 0.4) is 0 Å². The van der Waals surface area contributed by atoms with E-state index in [1.54, 1.807) is 31.4 Å². The predicted octanol–water partition coefficient (Wildman–Crippen LogP) is 2.63. The van der Waals surface area contributed by atoms with Crippen molar-refractivity contribution in [1.29, 1.82) is 0 Å². The first-order valence-electron chi connectivity index (χ1n) is 7.73. The summed E-state index contributed by atoms with van der Waals surface area (Å²) in [4.78, 5) is 28.5. The molecule has 1 amide bonds. The van der Waals surface area contributed by atoms with Crippen molar-refractivity contribution < 1.29 is 4.79 Å². The van der Waals surface area contributed by atoms with Gasteiger partial charge in [0.1, 0.15) is 5.65 Å². The molecule has 25 heavy (non-hydrogen) atoms. The Balaban J connectivity index is 1.87. The molecule has 3 aromatic rings. The fraction of sp³-hybridized carbons (Fsp3) is 0.167. The number of anilines is 1. The molecule has 0 saturated heterocycles. The van der Waals surface area contributed by atoms with Crippen LogP contribution in [-0.4, -0.2) is 22.3 Å². The minimum Gasteiger partial charge on any atom is -0.379 e. The average Bonchev–Trinajstić information content (AvgIpc) is 2.61. The van der Waals surface area contributed by atoms with Crippen molar-refractivity contribution in [2.24, 2.45) is 0 Å². The monoisotopic (exact) mass is 356 g/mol. The lowest BCUT2D eigenvalue weighted by Crippen LogP contribution is -2.20. The lowest BCUT2D eigenvalue weighted by atomic mass is 10.1. The molecule has 128 valence electrons. The van der Waals surface area contributed by atoms with E-state index in [9.17, 15) is 9.59 Å². The van der Waals surface area contributed by atoms with Crippen molar-refractivity contribution >= 4 is 28.8 Å². The van der Waals surface area contributed by atoms with Gasteiger partial charge in [0, 0.05) is 30.6 Å². The molecule has 0 spiro atoms. The summed E-state index contributed by atoms with van der Waals surface area (Å²) < 4.78 is 1.41. The molecule has 0 saturated carbocycles. The van der Waals surface area contributed by atoms with E-state index in [2.05, 4.69) is 15.6 Å². The van der Waals surface area contributed by atoms with Crippen LogP contribution in [0.2, 0.25) is 5.02 Å². The molecule has 0 atom stereocenters. The number of amides is 1. The number of nitrogens with zero attached hydrogens (tertiary/aromatic N) is 2. The van der Waals surface area contributed by atoms with E-state index in [1.165, 1.54) is 10.5 Å². The number of carbonyl (C=O) groups excluding carboxylic acids is 1. The van der Waals surface area contributed by atoms with Crippen LogP contribution in [0, 0.1) is 6.92 Å². The number of hydrogen-bond acceptors (Lipinski definition) is 4. The number of pyridine rings is 1. The second-order valence-corrected chi connectivity index (χ2v) is 6.01. The molecule has 7 heteroatoms. The Labute approximate surface area is 149 Å². The number of aromatic nitrogens is 2. The van der Waals surface area contributed by atoms with Gasteiger partial charge < -0.3 is 10.6 Å². The first-order valence-corrected chi connectivity index (χ1v) is 8.11. The Morgan fingerprint density at radius 2 is 2.08 bits per heavy atom. The molecule has 0 unspecified atom stereocenters. The molecule has 0 aliphatic carbocycles. The summed E-state index contributed by atoms with van der Waals surface area (Å²) >= 11 is 5.91. The molecule has 2 heterocycles. The fourth-order valence-electron chi connectivity index (χ4n) is 2.61. The topological polar surface area (TPSA) is 75.5 Å². The van der Waals surface area contributed by atoms with Crippen LogP contribution in [-0.2, 0) is 6.54 Å². The van der Waals surface area contributed by atoms with E-state index in [0.29, 0.717) is 28.5 Å². The molecule has 1 aromatic carbocycles. The van der Waals surface area contributed by atoms with Crippen LogP contribution in [0.25, 0.3) is 5.65 Å². The summed E-state index contributed by atoms with van der Waals surface area (Å²) in [6.07, 6.45) is 1.54. The van der Waals surface area contributed by atoms with Gasteiger partial charge in [-0.3, -0.25) is 14.0 Å². The number of nitrogens with one attached hydrogen (secondary N) is 2. The zero-order valence-electron chi connectivity index (χ0n) is 13.8. The van der Waals surface area contributed by atoms with E-state index in [0.717, 1.165) is 11.3 Å². The average molecular weight is 357 g/mol. The van der Waals surface area contributed by atoms with Gasteiger partial charge in [0.05, 0.1) is 17.3 Å². The molecule has 0 aliphatic heterocycles. The van der Waals surface area contributed by atoms with Crippen molar-refractivity contribution in [2.45, 2.75) is 13.5 Å². The number of fused-ring (bicyclic) bond motifs is 1. The predicted molar refractivity (Wildman–Crippen MR) is 98.4 cm³/mol. The van der Waals surface area contributed by atoms with E-state index in [4.69, 9.17) is 11.6 Å². The standard InChI is InChI=1S/C18H17ClN4O2/c1-11-14(18(25)20-2)4-3-5-15(11)21-9-13-8-17(24)23-10-12(19)6-7-16(23)22-13/h3-8,10,21H,9H2,1-2H3,(H,20,25). The van der Waals surface area contributed by atoms with Gasteiger partial charge in [0.15, 0.2) is 0 Å². The third kappa shape index (κ3) is 3.49. The minimum absolute atomic E-state index is 0.139. The summed E-state index contributed by atoms with van der Waals surface area (Å²) in [5.41, 5.74) is 3.21. The van der Waals surface area contributed by atoms with Crippen molar-refractivity contribution in [1.82, 2.24) is 14.7 Å². The molecular formula is C18H17ClN4O2. The number of benzene rings is 1. The number of halogens is 1. The number of carbonyl (C=O) groups is 1. The van der Waals surface area contributed by atoms with Crippen molar-refractivity contribution in [3.05, 3.63) is 74.8 Å². The molecule has 2 aromatic heterocycles. The zero-order chi connectivity index (χ0) is 18.0. The molecule has 2 N–H and O–H groups in total. The molecular weight excluding hydrogens is 340 g/mol. The van der Waals surface area contributed by atoms with Gasteiger partial charge >= 0.3 is 0 Å². The summed E-state index contributed by atoms with van der Waals surface area (Å²) in [5.74, 6) is -0.139. The van der Waals surface area contributed by atoms with Gasteiger partial charge in [-0.2, -0.15) is 0 Å². The summed E-state index contributed by atoms with van der Waals surface area (Å²) in [6, 6.07) is 10.3. The van der Waals surface area contributed by atoms with Crippen molar-refractivity contribution in [3.8, 4) is 0 Å². The Kier molecular flexibility index (Phi) is 4.72. The highest BCUT2D eigenvalue weighted by Gasteiger charge is 2.10. The van der Waals surface area contributed by atoms with E-state index < -0.39 is 0 Å². The molecule has 0 fully saturated rings. The summed E-state index contributed by atoms with van der Waals surface area (Å²) in [6.45, 7) is 2.24. The highest BCUT2D eigenvalue weighted by Crippen LogP contribution is 2.19. The van der Waals surface area contributed by atoms with Gasteiger partial charge in [0.2, 0.25) is 0 Å². The van der Waals surface area contributed by atoms with Crippen molar-refractivity contribution in [3.63, 3.8) is 0 Å². The van der Waals surface area contributed by atoms with Crippen LogP contribution in [0.5, 0.6) is 0 Å². The maximum absolute atomic E-state index is 12.2. The third-order valence-electron chi connectivity index (χ3n) is 3.94. The summed E-state index contributed by atoms with van der Waals surface area (Å²) in [7, 11) is 1.60. The second kappa shape index (κ2) is 6.94. The lowest BCUT2D eigenvalue weighted by Gasteiger charge is -2.12. The summed E-state index contributed by atoms with van der Waals surface area (Å²) in [5, 5.41) is 6.33. The van der Waals surface area contributed by atoms with Gasteiger partial charge in [-0.25, -0.2) is 4.98 Å². The smallest absolute Gasteiger partial charge is 0.258 e. The molecule has 0 radical (unpaired) electrons. The number of rotatable bonds is 4. The first-order chi connectivity index (χ1) is 12.0. The maximum atomic E-state index is 12.2. The highest BCUT2D eigenvalue weighted by molar-refractivity contribution is 6.30. The van der Waals surface area contributed by atoms with Crippen LogP contribution in [0.15, 0.2) is 47.4 Å². The SMILES string of the molecule is CNC(=O)c1cccc(NCc2cc(=O)n3cc(Cl)ccc3n2)c1C. The molecule has 3 rings (SSSR count). The molecule has 6 nitrogen and oxygen atoms in total. The third-order valence-corrected chi connectivity index (χ3v) is 4.17. The van der Waals surface area contributed by atoms with E-state index in [-0.39, 0.29) is 11.5 Å². The van der Waals surface area contributed by atoms with Crippen LogP contribution in [0.1, 0.15) is 21.6 Å². The Hall–Kier alpha value is -2.86. The van der Waals surface area contributed by atoms with Crippen LogP contribution in [0.4, 0.5) is 5.69 Å². The zero-order valence-corrected chi connectivity index (χ0v) is 14.6. The normalized spacial score (nSPS) is 10.7. The minimum atomic E-state index is -0.194.